The van der Waals surface area contributed by atoms with Gasteiger partial charge in [0.25, 0.3) is 0 Å². The number of hydrogen-bond donors (Lipinski definition) is 1. The zero-order chi connectivity index (χ0) is 23.2. The van der Waals surface area contributed by atoms with Crippen LogP contribution >= 0.6 is 0 Å². The normalized spacial score (nSPS) is 11.0. The molecule has 2 heterocycles. The Morgan fingerprint density at radius 3 is 2.34 bits per heavy atom. The van der Waals surface area contributed by atoms with Crippen LogP contribution in [0.2, 0.25) is 0 Å². The number of oxazole rings is 1. The molecular weight excluding hydrogens is 615 g/mol. The second-order valence-electron chi connectivity index (χ2n) is 8.50. The molecule has 1 N–H and O–H groups in total. The number of hydrogen-bond acceptors (Lipinski definition) is 4. The molecule has 0 aliphatic carbocycles. The van der Waals surface area contributed by atoms with Gasteiger partial charge in [0, 0.05) is 32.8 Å². The minimum Gasteiger partial charge on any atom is -0.507 e. The van der Waals surface area contributed by atoms with Crippen molar-refractivity contribution in [2.24, 2.45) is 0 Å². The third kappa shape index (κ3) is 4.04. The van der Waals surface area contributed by atoms with Crippen LogP contribution in [0.25, 0.3) is 55.7 Å². The van der Waals surface area contributed by atoms with Crippen LogP contribution in [0, 0.1) is 19.9 Å². The molecule has 0 amide bonds. The van der Waals surface area contributed by atoms with Crippen molar-refractivity contribution in [2.45, 2.75) is 13.8 Å². The van der Waals surface area contributed by atoms with Crippen LogP contribution in [0.15, 0.2) is 89.5 Å². The van der Waals surface area contributed by atoms with Crippen molar-refractivity contribution in [3.05, 3.63) is 102 Å². The van der Waals surface area contributed by atoms with Crippen LogP contribution in [0.1, 0.15) is 11.1 Å². The van der Waals surface area contributed by atoms with Gasteiger partial charge in [-0.3, -0.25) is 4.98 Å². The summed E-state index contributed by atoms with van der Waals surface area (Å²) in [5, 5.41) is 11.4. The first kappa shape index (κ1) is 23.0. The summed E-state index contributed by atoms with van der Waals surface area (Å²) in [7, 11) is 0. The van der Waals surface area contributed by atoms with Crippen molar-refractivity contribution in [1.29, 1.82) is 0 Å². The largest absolute Gasteiger partial charge is 0.507 e. The molecule has 5 heteroatoms. The van der Waals surface area contributed by atoms with E-state index in [1.165, 1.54) is 11.1 Å². The van der Waals surface area contributed by atoms with Gasteiger partial charge in [-0.05, 0) is 49.1 Å². The molecule has 0 bridgehead atoms. The summed E-state index contributed by atoms with van der Waals surface area (Å²) in [4.78, 5) is 9.43. The molecule has 0 aliphatic rings. The van der Waals surface area contributed by atoms with Crippen molar-refractivity contribution < 1.29 is 30.6 Å². The average Bonchev–Trinajstić information content (AvgIpc) is 3.29. The van der Waals surface area contributed by atoms with Crippen molar-refractivity contribution >= 4 is 22.0 Å². The average molecular weight is 637 g/mol. The van der Waals surface area contributed by atoms with Crippen molar-refractivity contribution in [2.75, 3.05) is 0 Å². The minimum absolute atomic E-state index is 0. The molecule has 174 valence electrons. The first-order valence-electron chi connectivity index (χ1n) is 11.2. The summed E-state index contributed by atoms with van der Waals surface area (Å²) in [5.74, 6) is 0.527. The van der Waals surface area contributed by atoms with E-state index in [9.17, 15) is 5.11 Å². The Labute approximate surface area is 217 Å². The fourth-order valence-electron chi connectivity index (χ4n) is 4.46. The van der Waals surface area contributed by atoms with Crippen LogP contribution in [0.4, 0.5) is 0 Å². The maximum absolute atomic E-state index is 10.3. The molecule has 0 unspecified atom stereocenters. The molecule has 0 saturated heterocycles. The maximum Gasteiger partial charge on any atom is 0.230 e. The van der Waals surface area contributed by atoms with E-state index in [0.29, 0.717) is 17.0 Å². The van der Waals surface area contributed by atoms with Gasteiger partial charge in [-0.15, -0.1) is 35.4 Å². The fourth-order valence-corrected chi connectivity index (χ4v) is 4.46. The van der Waals surface area contributed by atoms with Gasteiger partial charge >= 0.3 is 0 Å². The number of rotatable bonds is 3. The predicted octanol–water partition coefficient (Wildman–Crippen LogP) is 7.50. The number of para-hydroxylation sites is 2. The third-order valence-electron chi connectivity index (χ3n) is 6.14. The molecular formula is C30H21N2O2Pt-. The number of nitrogens with zero attached hydrogens (tertiary/aromatic N) is 2. The Bertz CT molecular complexity index is 1700. The molecule has 4 nitrogen and oxygen atoms in total. The number of phenols is 1. The summed E-state index contributed by atoms with van der Waals surface area (Å²) in [6, 6.07) is 29.0. The van der Waals surface area contributed by atoms with Crippen LogP contribution in [-0.2, 0) is 21.1 Å². The fraction of sp³-hybridized carbons (Fsp3) is 0.0667. The van der Waals surface area contributed by atoms with Gasteiger partial charge in [-0.2, -0.15) is 0 Å². The van der Waals surface area contributed by atoms with E-state index in [1.807, 2.05) is 48.7 Å². The Hall–Kier alpha value is -3.75. The van der Waals surface area contributed by atoms with E-state index in [4.69, 9.17) is 9.40 Å². The van der Waals surface area contributed by atoms with Gasteiger partial charge in [-0.25, -0.2) is 4.98 Å². The first-order chi connectivity index (χ1) is 16.6. The van der Waals surface area contributed by atoms with Crippen LogP contribution in [0.5, 0.6) is 5.75 Å². The number of aromatic hydroxyl groups is 1. The Balaban J connectivity index is 0.00000253. The van der Waals surface area contributed by atoms with Gasteiger partial charge in [0.2, 0.25) is 5.89 Å². The van der Waals surface area contributed by atoms with Crippen LogP contribution < -0.4 is 0 Å². The van der Waals surface area contributed by atoms with Gasteiger partial charge in [-0.1, -0.05) is 53.1 Å². The van der Waals surface area contributed by atoms with E-state index in [1.54, 1.807) is 18.2 Å². The molecule has 35 heavy (non-hydrogen) atoms. The Morgan fingerprint density at radius 2 is 1.51 bits per heavy atom. The third-order valence-corrected chi connectivity index (χ3v) is 6.14. The summed E-state index contributed by atoms with van der Waals surface area (Å²) >= 11 is 0. The second-order valence-corrected chi connectivity index (χ2v) is 8.50. The monoisotopic (exact) mass is 636 g/mol. The number of phenolic OH excluding ortho intramolecular Hbond substituents is 1. The molecule has 6 rings (SSSR count). The molecule has 6 aromatic rings. The standard InChI is InChI=1S/C30H21N2O2.Pt/c1-18-15-24-19(2)13-14-31-28(24)25(16-18)21-8-5-7-20(17-21)22-10-6-12-27-29(22)32-30(34-27)23-9-3-4-11-26(23)33;/h3-16,33H,1-2H3;/q-1;. The number of pyridine rings is 1. The molecule has 0 saturated carbocycles. The van der Waals surface area contributed by atoms with Gasteiger partial charge in [0.15, 0.2) is 0 Å². The summed E-state index contributed by atoms with van der Waals surface area (Å²) in [5.41, 5.74) is 9.20. The molecule has 0 radical (unpaired) electrons. The topological polar surface area (TPSA) is 59.2 Å². The van der Waals surface area contributed by atoms with Crippen molar-refractivity contribution in [3.8, 4) is 39.5 Å². The summed E-state index contributed by atoms with van der Waals surface area (Å²) in [6.45, 7) is 4.22. The summed E-state index contributed by atoms with van der Waals surface area (Å²) in [6.07, 6.45) is 1.86. The quantitative estimate of drug-likeness (QED) is 0.205. The molecule has 0 aliphatic heterocycles. The molecule has 2 aromatic heterocycles. The number of aryl methyl sites for hydroxylation is 2. The zero-order valence-corrected chi connectivity index (χ0v) is 21.4. The second kappa shape index (κ2) is 9.13. The smallest absolute Gasteiger partial charge is 0.230 e. The van der Waals surface area contributed by atoms with E-state index in [0.717, 1.165) is 38.7 Å². The summed E-state index contributed by atoms with van der Waals surface area (Å²) < 4.78 is 6.00. The Morgan fingerprint density at radius 1 is 0.771 bits per heavy atom. The van der Waals surface area contributed by atoms with Crippen LogP contribution in [0.3, 0.4) is 0 Å². The first-order valence-corrected chi connectivity index (χ1v) is 11.2. The van der Waals surface area contributed by atoms with E-state index in [2.05, 4.69) is 43.1 Å². The SMILES string of the molecule is Cc1cc(-c2[c-]c(-c3cccc4oc(-c5ccccc5O)nc34)ccc2)c2nccc(C)c2c1.[Pt]. The molecule has 4 aromatic carbocycles. The number of fused-ring (bicyclic) bond motifs is 2. The van der Waals surface area contributed by atoms with E-state index >= 15 is 0 Å². The van der Waals surface area contributed by atoms with Crippen LogP contribution in [-0.4, -0.2) is 15.1 Å². The minimum atomic E-state index is 0. The number of benzene rings is 4. The van der Waals surface area contributed by atoms with Crippen molar-refractivity contribution in [3.63, 3.8) is 0 Å². The van der Waals surface area contributed by atoms with Crippen molar-refractivity contribution in [1.82, 2.24) is 9.97 Å². The molecule has 0 fully saturated rings. The van der Waals surface area contributed by atoms with E-state index in [-0.39, 0.29) is 26.8 Å². The van der Waals surface area contributed by atoms with E-state index < -0.39 is 0 Å². The van der Waals surface area contributed by atoms with Gasteiger partial charge in [0.05, 0.1) is 11.1 Å². The Kier molecular flexibility index (Phi) is 6.00. The van der Waals surface area contributed by atoms with Gasteiger partial charge < -0.3 is 9.52 Å². The number of aromatic nitrogens is 2. The molecule has 0 spiro atoms. The molecule has 0 atom stereocenters. The maximum atomic E-state index is 10.3. The predicted molar refractivity (Wildman–Crippen MR) is 136 cm³/mol. The van der Waals surface area contributed by atoms with Gasteiger partial charge in [0.1, 0.15) is 11.3 Å². The zero-order valence-electron chi connectivity index (χ0n) is 19.1.